The van der Waals surface area contributed by atoms with Crippen LogP contribution in [0.1, 0.15) is 67.5 Å². The maximum absolute atomic E-state index is 14.2. The number of aldehydes is 1. The smallest absolute Gasteiger partial charge is 0.369 e. The van der Waals surface area contributed by atoms with Crippen LogP contribution in [0.25, 0.3) is 11.9 Å². The summed E-state index contributed by atoms with van der Waals surface area (Å²) in [5.74, 6) is -2.91. The summed E-state index contributed by atoms with van der Waals surface area (Å²) in [5.41, 5.74) is 2.88. The van der Waals surface area contributed by atoms with Crippen molar-refractivity contribution in [1.29, 1.82) is 0 Å². The van der Waals surface area contributed by atoms with E-state index in [2.05, 4.69) is 41.3 Å². The van der Waals surface area contributed by atoms with Gasteiger partial charge in [-0.25, -0.2) is 18.4 Å². The fraction of sp³-hybridized carbons (Fsp3) is 0.194. The Hall–Kier alpha value is -3.80. The highest BCUT2D eigenvalue weighted by Gasteiger charge is 2.37. The zero-order chi connectivity index (χ0) is 36.4. The van der Waals surface area contributed by atoms with Crippen LogP contribution >= 0.6 is 39.5 Å². The van der Waals surface area contributed by atoms with Crippen LogP contribution in [0.15, 0.2) is 106 Å². The monoisotopic (exact) mass is 822 g/mol. The number of rotatable bonds is 11. The molecule has 0 radical (unpaired) electrons. The molecule has 0 amide bonds. The minimum absolute atomic E-state index is 0.145. The van der Waals surface area contributed by atoms with Crippen LogP contribution in [0.3, 0.4) is 0 Å². The second-order valence-corrected chi connectivity index (χ2v) is 13.5. The van der Waals surface area contributed by atoms with E-state index in [9.17, 15) is 27.7 Å². The highest BCUT2D eigenvalue weighted by atomic mass is 79.9. The first kappa shape index (κ1) is 41.4. The van der Waals surface area contributed by atoms with Crippen LogP contribution in [0.2, 0.25) is 0 Å². The standard InChI is InChI=1S/C16H12BrFO2.C11H15BrFO3P.C9H8O3/c1-20-16(19)12-7-5-11(6-8-12)9-15(18)13-3-2-4-14(17)10-13;1-3-15-17(14,16-4-2)11(13)9-6-5-7-10(12)8-9;1-12-9(11)8-4-2-7(6-10)3-5-8/h2-10H,1H3;5-8,11H,3-4H2,1-2H3;2-6H,1H3/b15-9-;;. The van der Waals surface area contributed by atoms with E-state index in [1.165, 1.54) is 20.3 Å². The van der Waals surface area contributed by atoms with E-state index in [1.807, 2.05) is 6.07 Å². The Morgan fingerprint density at radius 1 is 0.735 bits per heavy atom. The third-order valence-electron chi connectivity index (χ3n) is 6.21. The van der Waals surface area contributed by atoms with Gasteiger partial charge in [-0.2, -0.15) is 0 Å². The zero-order valence-electron chi connectivity index (χ0n) is 27.1. The number of halogens is 4. The first-order valence-corrected chi connectivity index (χ1v) is 17.8. The van der Waals surface area contributed by atoms with Crippen molar-refractivity contribution in [2.45, 2.75) is 19.8 Å². The summed E-state index contributed by atoms with van der Waals surface area (Å²) in [4.78, 5) is 32.4. The highest BCUT2D eigenvalue weighted by Crippen LogP contribution is 2.61. The number of carbonyl (C=O) groups is 3. The molecule has 0 bridgehead atoms. The molecule has 4 rings (SSSR count). The predicted molar refractivity (Wildman–Crippen MR) is 193 cm³/mol. The van der Waals surface area contributed by atoms with Gasteiger partial charge >= 0.3 is 19.5 Å². The van der Waals surface area contributed by atoms with E-state index in [1.54, 1.807) is 105 Å². The largest absolute Gasteiger partial charge is 0.465 e. The molecular formula is C36H35Br2F2O8P. The number of esters is 2. The number of hydrogen-bond donors (Lipinski definition) is 0. The van der Waals surface area contributed by atoms with Crippen molar-refractivity contribution in [2.75, 3.05) is 27.4 Å². The number of methoxy groups -OCH3 is 2. The van der Waals surface area contributed by atoms with Crippen LogP contribution in [0.4, 0.5) is 8.78 Å². The summed E-state index contributed by atoms with van der Waals surface area (Å²) in [7, 11) is -1.10. The lowest BCUT2D eigenvalue weighted by Gasteiger charge is -2.20. The van der Waals surface area contributed by atoms with E-state index in [4.69, 9.17) is 9.05 Å². The summed E-state index contributed by atoms with van der Waals surface area (Å²) in [5, 5.41) is 0. The minimum Gasteiger partial charge on any atom is -0.465 e. The Labute approximate surface area is 301 Å². The van der Waals surface area contributed by atoms with Gasteiger partial charge in [0.2, 0.25) is 5.91 Å². The molecule has 0 aromatic heterocycles. The maximum Gasteiger partial charge on any atom is 0.369 e. The van der Waals surface area contributed by atoms with Crippen molar-refractivity contribution in [3.05, 3.63) is 139 Å². The summed E-state index contributed by atoms with van der Waals surface area (Å²) >= 11 is 6.54. The molecule has 0 spiro atoms. The Kier molecular flexibility index (Phi) is 18.0. The molecule has 1 atom stereocenters. The Bertz CT molecular complexity index is 1740. The van der Waals surface area contributed by atoms with Gasteiger partial charge in [0, 0.05) is 20.1 Å². The van der Waals surface area contributed by atoms with E-state index >= 15 is 0 Å². The molecule has 0 saturated carbocycles. The third kappa shape index (κ3) is 13.6. The van der Waals surface area contributed by atoms with Gasteiger partial charge in [-0.05, 0) is 79.6 Å². The molecule has 0 aliphatic heterocycles. The highest BCUT2D eigenvalue weighted by molar-refractivity contribution is 9.10. The molecule has 0 N–H and O–H groups in total. The average Bonchev–Trinajstić information content (AvgIpc) is 3.11. The first-order chi connectivity index (χ1) is 23.4. The van der Waals surface area contributed by atoms with Crippen LogP contribution < -0.4 is 0 Å². The Morgan fingerprint density at radius 3 is 1.63 bits per heavy atom. The van der Waals surface area contributed by atoms with Crippen LogP contribution in [-0.4, -0.2) is 45.7 Å². The lowest BCUT2D eigenvalue weighted by Crippen LogP contribution is -2.02. The number of hydrogen-bond acceptors (Lipinski definition) is 8. The number of carbonyl (C=O) groups excluding carboxylic acids is 3. The third-order valence-corrected chi connectivity index (χ3v) is 9.29. The summed E-state index contributed by atoms with van der Waals surface area (Å²) in [6.45, 7) is 3.59. The first-order valence-electron chi connectivity index (χ1n) is 14.6. The molecule has 0 fully saturated rings. The topological polar surface area (TPSA) is 105 Å². The zero-order valence-corrected chi connectivity index (χ0v) is 31.2. The molecule has 260 valence electrons. The van der Waals surface area contributed by atoms with Gasteiger partial charge in [0.05, 0.1) is 38.6 Å². The van der Waals surface area contributed by atoms with E-state index in [0.29, 0.717) is 27.8 Å². The minimum atomic E-state index is -3.74. The fourth-order valence-corrected chi connectivity index (χ4v) is 6.28. The maximum atomic E-state index is 14.2. The van der Waals surface area contributed by atoms with E-state index < -0.39 is 25.4 Å². The molecule has 0 heterocycles. The molecule has 4 aromatic carbocycles. The number of benzene rings is 4. The van der Waals surface area contributed by atoms with Crippen molar-refractivity contribution in [3.8, 4) is 0 Å². The lowest BCUT2D eigenvalue weighted by molar-refractivity contribution is 0.0592. The van der Waals surface area contributed by atoms with Gasteiger partial charge in [-0.3, -0.25) is 9.36 Å². The normalized spacial score (nSPS) is 11.6. The fourth-order valence-electron chi connectivity index (χ4n) is 3.88. The quantitative estimate of drug-likeness (QED) is 0.0637. The van der Waals surface area contributed by atoms with E-state index in [-0.39, 0.29) is 24.6 Å². The second-order valence-electron chi connectivity index (χ2n) is 9.61. The number of ether oxygens (including phenoxy) is 2. The van der Waals surface area contributed by atoms with Gasteiger partial charge in [-0.1, -0.05) is 80.4 Å². The van der Waals surface area contributed by atoms with Gasteiger partial charge in [-0.15, -0.1) is 0 Å². The van der Waals surface area contributed by atoms with Crippen molar-refractivity contribution >= 4 is 69.6 Å². The average molecular weight is 824 g/mol. The molecule has 0 saturated heterocycles. The Morgan fingerprint density at radius 2 is 1.20 bits per heavy atom. The summed E-state index contributed by atoms with van der Waals surface area (Å²) < 4.78 is 61.0. The molecular weight excluding hydrogens is 789 g/mol. The molecule has 1 unspecified atom stereocenters. The van der Waals surface area contributed by atoms with Crippen LogP contribution in [-0.2, 0) is 23.1 Å². The molecule has 4 aromatic rings. The van der Waals surface area contributed by atoms with Gasteiger partial charge in [0.25, 0.3) is 0 Å². The van der Waals surface area contributed by atoms with Crippen LogP contribution in [0, 0.1) is 0 Å². The van der Waals surface area contributed by atoms with Gasteiger partial charge < -0.3 is 18.5 Å². The van der Waals surface area contributed by atoms with Crippen molar-refractivity contribution < 1.29 is 46.3 Å². The Balaban J connectivity index is 0.000000263. The summed E-state index contributed by atoms with van der Waals surface area (Å²) in [6.07, 6.45) is 2.14. The van der Waals surface area contributed by atoms with Gasteiger partial charge in [0.1, 0.15) is 12.1 Å². The molecule has 0 aliphatic carbocycles. The SMILES string of the molecule is CCOP(=O)(OCC)C(F)c1cccc(Br)c1.COC(=O)c1ccc(/C=C(\F)c2cccc(Br)c2)cc1.COC(=O)c1ccc(C=O)cc1. The van der Waals surface area contributed by atoms with E-state index in [0.717, 1.165) is 15.2 Å². The van der Waals surface area contributed by atoms with Crippen LogP contribution in [0.5, 0.6) is 0 Å². The van der Waals surface area contributed by atoms with Crippen molar-refractivity contribution in [2.24, 2.45) is 0 Å². The van der Waals surface area contributed by atoms with Crippen molar-refractivity contribution in [3.63, 3.8) is 0 Å². The van der Waals surface area contributed by atoms with Gasteiger partial charge in [0.15, 0.2) is 0 Å². The lowest BCUT2D eigenvalue weighted by atomic mass is 10.1. The molecule has 0 aliphatic rings. The molecule has 13 heteroatoms. The number of alkyl halides is 1. The predicted octanol–water partition coefficient (Wildman–Crippen LogP) is 10.7. The molecule has 49 heavy (non-hydrogen) atoms. The summed E-state index contributed by atoms with van der Waals surface area (Å²) in [6, 6.07) is 26.4. The second kappa shape index (κ2) is 21.3. The molecule has 8 nitrogen and oxygen atoms in total. The van der Waals surface area contributed by atoms with Crippen molar-refractivity contribution in [1.82, 2.24) is 0 Å².